The minimum absolute atomic E-state index is 0.258. The average molecular weight is 325 g/mol. The fraction of sp³-hybridized carbons (Fsp3) is 0.250. The van der Waals surface area contributed by atoms with Gasteiger partial charge < -0.3 is 9.79 Å². The Hall–Kier alpha value is -1.12. The molecule has 0 radical (unpaired) electrons. The molecule has 0 spiro atoms. The zero-order chi connectivity index (χ0) is 15.5. The molecule has 112 valence electrons. The molecular weight excluding hydrogens is 307 g/mol. The molecule has 0 atom stereocenters. The smallest absolute Gasteiger partial charge is 0.324 e. The van der Waals surface area contributed by atoms with Crippen molar-refractivity contribution in [3.8, 4) is 0 Å². The Morgan fingerprint density at radius 3 is 2.14 bits per heavy atom. The molecule has 0 bridgehead atoms. The van der Waals surface area contributed by atoms with Crippen molar-refractivity contribution in [2.75, 3.05) is 0 Å². The Balaban J connectivity index is 2.21. The predicted molar refractivity (Wildman–Crippen MR) is 85.8 cm³/mol. The molecule has 0 aliphatic rings. The Labute approximate surface area is 129 Å². The Kier molecular flexibility index (Phi) is 5.23. The molecule has 0 amide bonds. The molecule has 0 heterocycles. The topological polar surface area (TPSA) is 57.5 Å². The van der Waals surface area contributed by atoms with Gasteiger partial charge in [-0.05, 0) is 41.2 Å². The van der Waals surface area contributed by atoms with Gasteiger partial charge in [0.05, 0.1) is 6.16 Å². The predicted octanol–water partition coefficient (Wildman–Crippen LogP) is 4.17. The van der Waals surface area contributed by atoms with Gasteiger partial charge in [0, 0.05) is 5.02 Å². The lowest BCUT2D eigenvalue weighted by Crippen LogP contribution is -1.94. The normalized spacial score (nSPS) is 11.6. The van der Waals surface area contributed by atoms with Gasteiger partial charge in [-0.15, -0.1) is 0 Å². The number of aryl methyl sites for hydroxylation is 1. The van der Waals surface area contributed by atoms with Crippen molar-refractivity contribution < 1.29 is 14.4 Å². The van der Waals surface area contributed by atoms with Crippen LogP contribution in [0.2, 0.25) is 5.02 Å². The van der Waals surface area contributed by atoms with E-state index in [9.17, 15) is 4.57 Å². The highest BCUT2D eigenvalue weighted by atomic mass is 35.5. The molecule has 0 fully saturated rings. The van der Waals surface area contributed by atoms with Gasteiger partial charge in [0.2, 0.25) is 0 Å². The van der Waals surface area contributed by atoms with Crippen LogP contribution in [0.3, 0.4) is 0 Å². The summed E-state index contributed by atoms with van der Waals surface area (Å²) in [7, 11) is -4.06. The van der Waals surface area contributed by atoms with Crippen molar-refractivity contribution in [1.29, 1.82) is 0 Å². The summed E-state index contributed by atoms with van der Waals surface area (Å²) in [6, 6.07) is 13.4. The van der Waals surface area contributed by atoms with Gasteiger partial charge in [-0.1, -0.05) is 54.9 Å². The highest BCUT2D eigenvalue weighted by Gasteiger charge is 2.15. The van der Waals surface area contributed by atoms with E-state index in [2.05, 4.69) is 31.2 Å². The molecule has 2 N–H and O–H groups in total. The molecular formula is C16H18ClO3P. The zero-order valence-electron chi connectivity index (χ0n) is 11.8. The van der Waals surface area contributed by atoms with Crippen LogP contribution in [0.15, 0.2) is 42.5 Å². The fourth-order valence-corrected chi connectivity index (χ4v) is 3.07. The average Bonchev–Trinajstić information content (AvgIpc) is 2.42. The van der Waals surface area contributed by atoms with Gasteiger partial charge in [0.1, 0.15) is 0 Å². The zero-order valence-corrected chi connectivity index (χ0v) is 13.4. The highest BCUT2D eigenvalue weighted by molar-refractivity contribution is 7.50. The van der Waals surface area contributed by atoms with Crippen molar-refractivity contribution in [3.63, 3.8) is 0 Å². The van der Waals surface area contributed by atoms with Crippen LogP contribution in [-0.2, 0) is 23.6 Å². The number of rotatable bonds is 5. The van der Waals surface area contributed by atoms with Crippen molar-refractivity contribution in [2.45, 2.75) is 25.9 Å². The summed E-state index contributed by atoms with van der Waals surface area (Å²) in [5.41, 5.74) is 3.89. The molecule has 0 saturated heterocycles. The van der Waals surface area contributed by atoms with E-state index in [-0.39, 0.29) is 6.16 Å². The van der Waals surface area contributed by atoms with Crippen molar-refractivity contribution in [3.05, 3.63) is 69.7 Å². The SMILES string of the molecule is CCc1ccc(Cc2cc(CP(=O)(O)O)ccc2Cl)cc1. The summed E-state index contributed by atoms with van der Waals surface area (Å²) in [5.74, 6) is 0. The van der Waals surface area contributed by atoms with Gasteiger partial charge in [0.25, 0.3) is 0 Å². The van der Waals surface area contributed by atoms with Crippen molar-refractivity contribution in [1.82, 2.24) is 0 Å². The third kappa shape index (κ3) is 4.98. The third-order valence-electron chi connectivity index (χ3n) is 3.32. The van der Waals surface area contributed by atoms with Crippen LogP contribution in [0, 0.1) is 0 Å². The lowest BCUT2D eigenvalue weighted by Gasteiger charge is -2.09. The van der Waals surface area contributed by atoms with Crippen LogP contribution < -0.4 is 0 Å². The first kappa shape index (κ1) is 16.3. The standard InChI is InChI=1S/C16H18ClO3P/c1-2-12-3-5-13(6-4-12)9-15-10-14(7-8-16(15)17)11-21(18,19)20/h3-8,10H,2,9,11H2,1H3,(H2,18,19,20). The molecule has 5 heteroatoms. The Bertz CT molecular complexity index is 662. The van der Waals surface area contributed by atoms with Gasteiger partial charge in [0.15, 0.2) is 0 Å². The summed E-state index contributed by atoms with van der Waals surface area (Å²) in [4.78, 5) is 18.1. The largest absolute Gasteiger partial charge is 0.329 e. The van der Waals surface area contributed by atoms with Crippen LogP contribution in [0.5, 0.6) is 0 Å². The monoisotopic (exact) mass is 324 g/mol. The summed E-state index contributed by atoms with van der Waals surface area (Å²) in [6.45, 7) is 2.11. The van der Waals surface area contributed by atoms with E-state index < -0.39 is 7.60 Å². The molecule has 21 heavy (non-hydrogen) atoms. The molecule has 0 aromatic heterocycles. The highest BCUT2D eigenvalue weighted by Crippen LogP contribution is 2.39. The van der Waals surface area contributed by atoms with E-state index in [1.54, 1.807) is 18.2 Å². The van der Waals surface area contributed by atoms with Gasteiger partial charge >= 0.3 is 7.60 Å². The Morgan fingerprint density at radius 1 is 1.00 bits per heavy atom. The van der Waals surface area contributed by atoms with Crippen LogP contribution >= 0.6 is 19.2 Å². The van der Waals surface area contributed by atoms with E-state index in [0.717, 1.165) is 17.5 Å². The first-order valence-corrected chi connectivity index (χ1v) is 8.94. The molecule has 2 rings (SSSR count). The minimum Gasteiger partial charge on any atom is -0.324 e. The van der Waals surface area contributed by atoms with Gasteiger partial charge in [-0.2, -0.15) is 0 Å². The van der Waals surface area contributed by atoms with Gasteiger partial charge in [-0.25, -0.2) is 0 Å². The van der Waals surface area contributed by atoms with Crippen molar-refractivity contribution >= 4 is 19.2 Å². The first-order valence-electron chi connectivity index (χ1n) is 6.77. The second-order valence-corrected chi connectivity index (χ2v) is 7.15. The summed E-state index contributed by atoms with van der Waals surface area (Å²) in [6.07, 6.45) is 1.39. The van der Waals surface area contributed by atoms with E-state index in [1.165, 1.54) is 5.56 Å². The summed E-state index contributed by atoms with van der Waals surface area (Å²) in [5, 5.41) is 0.615. The number of benzene rings is 2. The molecule has 2 aromatic carbocycles. The van der Waals surface area contributed by atoms with Gasteiger partial charge in [-0.3, -0.25) is 4.57 Å². The van der Waals surface area contributed by atoms with Crippen LogP contribution in [0.25, 0.3) is 0 Å². The molecule has 2 aromatic rings. The number of hydrogen-bond donors (Lipinski definition) is 2. The quantitative estimate of drug-likeness (QED) is 0.811. The maximum absolute atomic E-state index is 11.1. The molecule has 0 unspecified atom stereocenters. The summed E-state index contributed by atoms with van der Waals surface area (Å²) < 4.78 is 11.1. The lowest BCUT2D eigenvalue weighted by atomic mass is 10.0. The second-order valence-electron chi connectivity index (χ2n) is 5.10. The lowest BCUT2D eigenvalue weighted by molar-refractivity contribution is 0.371. The van der Waals surface area contributed by atoms with E-state index in [1.807, 2.05) is 0 Å². The van der Waals surface area contributed by atoms with Crippen LogP contribution in [0.4, 0.5) is 0 Å². The molecule has 0 aliphatic heterocycles. The molecule has 0 aliphatic carbocycles. The third-order valence-corrected chi connectivity index (χ3v) is 4.47. The molecule has 0 saturated carbocycles. The Morgan fingerprint density at radius 2 is 1.57 bits per heavy atom. The number of halogens is 1. The molecule has 3 nitrogen and oxygen atoms in total. The van der Waals surface area contributed by atoms with E-state index in [4.69, 9.17) is 21.4 Å². The fourth-order valence-electron chi connectivity index (χ4n) is 2.21. The summed E-state index contributed by atoms with van der Waals surface area (Å²) >= 11 is 6.18. The first-order chi connectivity index (χ1) is 9.87. The number of hydrogen-bond acceptors (Lipinski definition) is 1. The minimum atomic E-state index is -4.06. The second kappa shape index (κ2) is 6.76. The maximum Gasteiger partial charge on any atom is 0.329 e. The van der Waals surface area contributed by atoms with Crippen molar-refractivity contribution in [2.24, 2.45) is 0 Å². The van der Waals surface area contributed by atoms with E-state index >= 15 is 0 Å². The van der Waals surface area contributed by atoms with Crippen LogP contribution in [-0.4, -0.2) is 9.79 Å². The maximum atomic E-state index is 11.1. The van der Waals surface area contributed by atoms with E-state index in [0.29, 0.717) is 17.0 Å². The van der Waals surface area contributed by atoms with Crippen LogP contribution in [0.1, 0.15) is 29.2 Å².